The van der Waals surface area contributed by atoms with Crippen molar-refractivity contribution < 1.29 is 14.7 Å². The number of nitriles is 1. The number of carbonyl (C=O) groups excluding carboxylic acids is 1. The van der Waals surface area contributed by atoms with E-state index in [9.17, 15) is 9.59 Å². The molecule has 2 heterocycles. The fourth-order valence-corrected chi connectivity index (χ4v) is 4.84. The lowest BCUT2D eigenvalue weighted by atomic mass is 10.1. The number of aromatic carboxylic acids is 1. The van der Waals surface area contributed by atoms with Crippen LogP contribution in [0.5, 0.6) is 0 Å². The van der Waals surface area contributed by atoms with E-state index in [0.29, 0.717) is 36.0 Å². The standard InChI is InChI=1S/C19H20N4O3S2/c20-8-7-13-1-3-14(4-2-13)21-11-15-5-6-17(24)23(15)9-10-27-19-22-16(12-28-19)18(25)26/h1-4,12,15,21H,5-7,9-11H2,(H,25,26). The molecule has 28 heavy (non-hydrogen) atoms. The van der Waals surface area contributed by atoms with Crippen LogP contribution in [0.3, 0.4) is 0 Å². The Morgan fingerprint density at radius 2 is 2.21 bits per heavy atom. The molecular formula is C19H20N4O3S2. The summed E-state index contributed by atoms with van der Waals surface area (Å²) in [5.41, 5.74) is 2.02. The highest BCUT2D eigenvalue weighted by Gasteiger charge is 2.30. The van der Waals surface area contributed by atoms with E-state index >= 15 is 0 Å². The van der Waals surface area contributed by atoms with Crippen LogP contribution in [0, 0.1) is 11.3 Å². The van der Waals surface area contributed by atoms with Crippen molar-refractivity contribution in [3.05, 3.63) is 40.9 Å². The highest BCUT2D eigenvalue weighted by molar-refractivity contribution is 8.01. The molecule has 146 valence electrons. The number of nitrogens with zero attached hydrogens (tertiary/aromatic N) is 3. The minimum Gasteiger partial charge on any atom is -0.476 e. The van der Waals surface area contributed by atoms with Crippen LogP contribution in [0.15, 0.2) is 34.0 Å². The molecule has 3 rings (SSSR count). The Bertz CT molecular complexity index is 876. The van der Waals surface area contributed by atoms with Crippen LogP contribution in [-0.4, -0.2) is 51.8 Å². The Kier molecular flexibility index (Phi) is 6.90. The molecule has 1 aliphatic heterocycles. The summed E-state index contributed by atoms with van der Waals surface area (Å²) >= 11 is 2.78. The maximum atomic E-state index is 12.2. The molecule has 2 N–H and O–H groups in total. The molecule has 7 nitrogen and oxygen atoms in total. The largest absolute Gasteiger partial charge is 0.476 e. The highest BCUT2D eigenvalue weighted by atomic mass is 32.2. The molecule has 1 amide bonds. The monoisotopic (exact) mass is 416 g/mol. The first-order valence-corrected chi connectivity index (χ1v) is 10.7. The zero-order valence-corrected chi connectivity index (χ0v) is 16.8. The molecule has 1 aromatic carbocycles. The summed E-state index contributed by atoms with van der Waals surface area (Å²) in [6.07, 6.45) is 1.78. The number of carbonyl (C=O) groups is 2. The fourth-order valence-electron chi connectivity index (χ4n) is 3.03. The molecule has 0 aliphatic carbocycles. The number of carboxylic acids is 1. The lowest BCUT2D eigenvalue weighted by Gasteiger charge is -2.25. The van der Waals surface area contributed by atoms with Crippen molar-refractivity contribution in [3.8, 4) is 6.07 Å². The number of anilines is 1. The van der Waals surface area contributed by atoms with Gasteiger partial charge >= 0.3 is 5.97 Å². The van der Waals surface area contributed by atoms with Gasteiger partial charge in [0.2, 0.25) is 5.91 Å². The number of hydrogen-bond acceptors (Lipinski definition) is 7. The number of amides is 1. The van der Waals surface area contributed by atoms with E-state index in [0.717, 1.165) is 17.7 Å². The zero-order chi connectivity index (χ0) is 19.9. The van der Waals surface area contributed by atoms with Gasteiger partial charge in [0.25, 0.3) is 0 Å². The second-order valence-corrected chi connectivity index (χ2v) is 8.54. The van der Waals surface area contributed by atoms with Gasteiger partial charge in [-0.2, -0.15) is 5.26 Å². The number of thioether (sulfide) groups is 1. The van der Waals surface area contributed by atoms with Crippen molar-refractivity contribution in [2.24, 2.45) is 0 Å². The van der Waals surface area contributed by atoms with Gasteiger partial charge in [-0.05, 0) is 24.1 Å². The third-order valence-electron chi connectivity index (χ3n) is 4.49. The van der Waals surface area contributed by atoms with Crippen molar-refractivity contribution in [1.29, 1.82) is 5.26 Å². The van der Waals surface area contributed by atoms with Crippen LogP contribution >= 0.6 is 23.1 Å². The van der Waals surface area contributed by atoms with Crippen LogP contribution in [0.1, 0.15) is 28.9 Å². The number of nitrogens with one attached hydrogen (secondary N) is 1. The molecule has 2 aromatic rings. The molecule has 1 aromatic heterocycles. The molecule has 1 atom stereocenters. The molecule has 0 bridgehead atoms. The van der Waals surface area contributed by atoms with E-state index in [1.165, 1.54) is 28.5 Å². The first-order chi connectivity index (χ1) is 13.6. The van der Waals surface area contributed by atoms with Crippen molar-refractivity contribution in [2.75, 3.05) is 24.2 Å². The van der Waals surface area contributed by atoms with Gasteiger partial charge in [0.1, 0.15) is 0 Å². The van der Waals surface area contributed by atoms with E-state index in [1.54, 1.807) is 0 Å². The highest BCUT2D eigenvalue weighted by Crippen LogP contribution is 2.25. The van der Waals surface area contributed by atoms with E-state index < -0.39 is 5.97 Å². The summed E-state index contributed by atoms with van der Waals surface area (Å²) in [4.78, 5) is 29.1. The number of rotatable bonds is 9. The Balaban J connectivity index is 1.48. The number of carboxylic acid groups (broad SMARTS) is 1. The average Bonchev–Trinajstić information content (AvgIpc) is 3.29. The lowest BCUT2D eigenvalue weighted by molar-refractivity contribution is -0.128. The van der Waals surface area contributed by atoms with E-state index in [-0.39, 0.29) is 17.6 Å². The molecule has 0 radical (unpaired) electrons. The Labute approximate surface area is 171 Å². The maximum absolute atomic E-state index is 12.2. The van der Waals surface area contributed by atoms with Gasteiger partial charge in [-0.3, -0.25) is 4.79 Å². The van der Waals surface area contributed by atoms with Crippen LogP contribution in [0.4, 0.5) is 5.69 Å². The number of likely N-dealkylation sites (tertiary alicyclic amines) is 1. The van der Waals surface area contributed by atoms with Gasteiger partial charge in [-0.15, -0.1) is 11.3 Å². The first kappa shape index (κ1) is 20.2. The van der Waals surface area contributed by atoms with Gasteiger partial charge in [-0.25, -0.2) is 9.78 Å². The molecular weight excluding hydrogens is 396 g/mol. The van der Waals surface area contributed by atoms with Crippen LogP contribution < -0.4 is 5.32 Å². The Morgan fingerprint density at radius 3 is 2.89 bits per heavy atom. The minimum absolute atomic E-state index is 0.0626. The summed E-state index contributed by atoms with van der Waals surface area (Å²) in [7, 11) is 0. The maximum Gasteiger partial charge on any atom is 0.355 e. The third-order valence-corrected chi connectivity index (χ3v) is 6.49. The van der Waals surface area contributed by atoms with Gasteiger partial charge in [0.15, 0.2) is 10.0 Å². The molecule has 0 saturated carbocycles. The van der Waals surface area contributed by atoms with Crippen molar-refractivity contribution in [3.63, 3.8) is 0 Å². The third kappa shape index (κ3) is 5.24. The topological polar surface area (TPSA) is 106 Å². The summed E-state index contributed by atoms with van der Waals surface area (Å²) in [5.74, 6) is -0.191. The predicted molar refractivity (Wildman–Crippen MR) is 109 cm³/mol. The molecule has 9 heteroatoms. The second kappa shape index (κ2) is 9.57. The first-order valence-electron chi connectivity index (χ1n) is 8.87. The van der Waals surface area contributed by atoms with Crippen molar-refractivity contribution in [2.45, 2.75) is 29.6 Å². The molecule has 1 aliphatic rings. The van der Waals surface area contributed by atoms with Gasteiger partial charge < -0.3 is 15.3 Å². The van der Waals surface area contributed by atoms with Gasteiger partial charge in [0.05, 0.1) is 12.5 Å². The molecule has 1 fully saturated rings. The van der Waals surface area contributed by atoms with Gasteiger partial charge in [-0.1, -0.05) is 23.9 Å². The quantitative estimate of drug-likeness (QED) is 0.605. The molecule has 0 spiro atoms. The summed E-state index contributed by atoms with van der Waals surface area (Å²) in [6.45, 7) is 1.29. The Hall–Kier alpha value is -2.57. The average molecular weight is 417 g/mol. The predicted octanol–water partition coefficient (Wildman–Crippen LogP) is 3.10. The van der Waals surface area contributed by atoms with Gasteiger partial charge in [0, 0.05) is 42.4 Å². The van der Waals surface area contributed by atoms with Crippen molar-refractivity contribution in [1.82, 2.24) is 9.88 Å². The summed E-state index contributed by atoms with van der Waals surface area (Å²) in [5, 5.41) is 22.5. The number of hydrogen-bond donors (Lipinski definition) is 2. The lowest BCUT2D eigenvalue weighted by Crippen LogP contribution is -2.39. The zero-order valence-electron chi connectivity index (χ0n) is 15.1. The fraction of sp³-hybridized carbons (Fsp3) is 0.368. The number of benzene rings is 1. The van der Waals surface area contributed by atoms with Crippen LogP contribution in [-0.2, 0) is 11.2 Å². The minimum atomic E-state index is -1.02. The van der Waals surface area contributed by atoms with Crippen molar-refractivity contribution >= 4 is 40.7 Å². The Morgan fingerprint density at radius 1 is 1.43 bits per heavy atom. The summed E-state index contributed by atoms with van der Waals surface area (Å²) < 4.78 is 0.705. The summed E-state index contributed by atoms with van der Waals surface area (Å²) in [6, 6.07) is 10.0. The molecule has 1 saturated heterocycles. The van der Waals surface area contributed by atoms with Crippen LogP contribution in [0.2, 0.25) is 0 Å². The smallest absolute Gasteiger partial charge is 0.355 e. The van der Waals surface area contributed by atoms with Crippen LogP contribution in [0.25, 0.3) is 0 Å². The van der Waals surface area contributed by atoms with E-state index in [4.69, 9.17) is 10.4 Å². The second-order valence-electron chi connectivity index (χ2n) is 6.34. The molecule has 1 unspecified atom stereocenters. The number of thiazole rings is 1. The number of aromatic nitrogens is 1. The SMILES string of the molecule is N#CCc1ccc(NCC2CCC(=O)N2CCSc2nc(C(=O)O)cs2)cc1. The normalized spacial score (nSPS) is 16.2. The van der Waals surface area contributed by atoms with E-state index in [2.05, 4.69) is 16.4 Å². The van der Waals surface area contributed by atoms with E-state index in [1.807, 2.05) is 29.2 Å².